The van der Waals surface area contributed by atoms with Gasteiger partial charge < -0.3 is 14.2 Å². The summed E-state index contributed by atoms with van der Waals surface area (Å²) in [4.78, 5) is 10.7. The van der Waals surface area contributed by atoms with Gasteiger partial charge in [-0.2, -0.15) is 0 Å². The molecule has 0 radical (unpaired) electrons. The Morgan fingerprint density at radius 1 is 1.00 bits per heavy atom. The first-order chi connectivity index (χ1) is 10.2. The van der Waals surface area contributed by atoms with Crippen LogP contribution in [-0.2, 0) is 0 Å². The monoisotopic (exact) mass is 306 g/mol. The molecule has 0 atom stereocenters. The largest absolute Gasteiger partial charge is 0.493 e. The number of halogens is 1. The number of aldehydes is 1. The Bertz CT molecular complexity index is 596. The first-order valence-corrected chi connectivity index (χ1v) is 6.75. The normalized spacial score (nSPS) is 10.0. The number of benzene rings is 2. The van der Waals surface area contributed by atoms with Gasteiger partial charge in [0.25, 0.3) is 0 Å². The first-order valence-electron chi connectivity index (χ1n) is 6.37. The Hall–Kier alpha value is -2.20. The molecule has 0 unspecified atom stereocenters. The van der Waals surface area contributed by atoms with Gasteiger partial charge in [0.1, 0.15) is 25.2 Å². The Morgan fingerprint density at radius 3 is 2.38 bits per heavy atom. The molecule has 0 aliphatic rings. The predicted octanol–water partition coefficient (Wildman–Crippen LogP) is 3.62. The van der Waals surface area contributed by atoms with Crippen molar-refractivity contribution in [3.63, 3.8) is 0 Å². The summed E-state index contributed by atoms with van der Waals surface area (Å²) in [5, 5.41) is 0.665. The lowest BCUT2D eigenvalue weighted by Gasteiger charge is -2.11. The number of carbonyl (C=O) groups excluding carboxylic acids is 1. The van der Waals surface area contributed by atoms with Crippen molar-refractivity contribution in [2.75, 3.05) is 20.3 Å². The third-order valence-corrected chi connectivity index (χ3v) is 3.00. The molecule has 0 N–H and O–H groups in total. The molecule has 0 saturated heterocycles. The standard InChI is InChI=1S/C16H15ClO4/c1-19-16-10-12(11-18)2-7-15(16)21-9-8-20-14-5-3-13(17)4-6-14/h2-7,10-11H,8-9H2,1H3. The third-order valence-electron chi connectivity index (χ3n) is 2.75. The zero-order valence-corrected chi connectivity index (χ0v) is 12.3. The number of carbonyl (C=O) groups is 1. The zero-order valence-electron chi connectivity index (χ0n) is 11.5. The summed E-state index contributed by atoms with van der Waals surface area (Å²) in [7, 11) is 1.53. The number of ether oxygens (including phenoxy) is 3. The molecule has 0 bridgehead atoms. The molecule has 5 heteroatoms. The topological polar surface area (TPSA) is 44.8 Å². The van der Waals surface area contributed by atoms with Crippen LogP contribution in [0.15, 0.2) is 42.5 Å². The lowest BCUT2D eigenvalue weighted by molar-refractivity contribution is 0.112. The second-order valence-electron chi connectivity index (χ2n) is 4.18. The third kappa shape index (κ3) is 4.39. The molecule has 0 amide bonds. The highest BCUT2D eigenvalue weighted by Gasteiger charge is 2.05. The Labute approximate surface area is 128 Å². The molecule has 0 saturated carbocycles. The van der Waals surface area contributed by atoms with E-state index in [0.29, 0.717) is 35.3 Å². The van der Waals surface area contributed by atoms with Crippen LogP contribution in [0, 0.1) is 0 Å². The van der Waals surface area contributed by atoms with Crippen LogP contribution >= 0.6 is 11.6 Å². The maximum Gasteiger partial charge on any atom is 0.161 e. The van der Waals surface area contributed by atoms with E-state index in [1.54, 1.807) is 42.5 Å². The summed E-state index contributed by atoms with van der Waals surface area (Å²) >= 11 is 5.79. The van der Waals surface area contributed by atoms with Crippen molar-refractivity contribution in [2.45, 2.75) is 0 Å². The maximum absolute atomic E-state index is 10.7. The molecule has 2 aromatic rings. The van der Waals surface area contributed by atoms with E-state index in [4.69, 9.17) is 25.8 Å². The number of rotatable bonds is 7. The molecular formula is C16H15ClO4. The van der Waals surface area contributed by atoms with Gasteiger partial charge in [-0.3, -0.25) is 4.79 Å². The Balaban J connectivity index is 1.85. The first kappa shape index (κ1) is 15.2. The van der Waals surface area contributed by atoms with Gasteiger partial charge in [0.05, 0.1) is 7.11 Å². The SMILES string of the molecule is COc1cc(C=O)ccc1OCCOc1ccc(Cl)cc1. The highest BCUT2D eigenvalue weighted by atomic mass is 35.5. The number of methoxy groups -OCH3 is 1. The molecule has 4 nitrogen and oxygen atoms in total. The van der Waals surface area contributed by atoms with E-state index >= 15 is 0 Å². The lowest BCUT2D eigenvalue weighted by Crippen LogP contribution is -2.09. The molecule has 0 heterocycles. The predicted molar refractivity (Wildman–Crippen MR) is 80.8 cm³/mol. The fourth-order valence-corrected chi connectivity index (χ4v) is 1.84. The van der Waals surface area contributed by atoms with E-state index in [2.05, 4.69) is 0 Å². The fourth-order valence-electron chi connectivity index (χ4n) is 1.72. The highest BCUT2D eigenvalue weighted by molar-refractivity contribution is 6.30. The van der Waals surface area contributed by atoms with Gasteiger partial charge in [0, 0.05) is 10.6 Å². The van der Waals surface area contributed by atoms with Crippen LogP contribution in [0.1, 0.15) is 10.4 Å². The van der Waals surface area contributed by atoms with Gasteiger partial charge in [0.2, 0.25) is 0 Å². The van der Waals surface area contributed by atoms with Crippen LogP contribution in [0.25, 0.3) is 0 Å². The van der Waals surface area contributed by atoms with Gasteiger partial charge in [0.15, 0.2) is 11.5 Å². The molecule has 21 heavy (non-hydrogen) atoms. The zero-order chi connectivity index (χ0) is 15.1. The minimum atomic E-state index is 0.361. The van der Waals surface area contributed by atoms with Crippen LogP contribution in [0.2, 0.25) is 5.02 Å². The van der Waals surface area contributed by atoms with Gasteiger partial charge in [-0.05, 0) is 42.5 Å². The van der Waals surface area contributed by atoms with Crippen molar-refractivity contribution in [3.8, 4) is 17.2 Å². The second-order valence-corrected chi connectivity index (χ2v) is 4.62. The van der Waals surface area contributed by atoms with Crippen molar-refractivity contribution >= 4 is 17.9 Å². The van der Waals surface area contributed by atoms with Crippen molar-refractivity contribution in [1.82, 2.24) is 0 Å². The maximum atomic E-state index is 10.7. The van der Waals surface area contributed by atoms with Crippen molar-refractivity contribution in [1.29, 1.82) is 0 Å². The van der Waals surface area contributed by atoms with E-state index in [1.165, 1.54) is 7.11 Å². The van der Waals surface area contributed by atoms with E-state index in [0.717, 1.165) is 12.0 Å². The number of hydrogen-bond donors (Lipinski definition) is 0. The molecule has 110 valence electrons. The van der Waals surface area contributed by atoms with Crippen LogP contribution in [-0.4, -0.2) is 26.6 Å². The Morgan fingerprint density at radius 2 is 1.71 bits per heavy atom. The summed E-state index contributed by atoms with van der Waals surface area (Å²) in [6.45, 7) is 0.750. The van der Waals surface area contributed by atoms with E-state index < -0.39 is 0 Å². The van der Waals surface area contributed by atoms with Crippen molar-refractivity contribution < 1.29 is 19.0 Å². The quantitative estimate of drug-likeness (QED) is 0.579. The van der Waals surface area contributed by atoms with E-state index in [1.807, 2.05) is 0 Å². The van der Waals surface area contributed by atoms with Crippen LogP contribution < -0.4 is 14.2 Å². The summed E-state index contributed by atoms with van der Waals surface area (Å²) in [5.74, 6) is 1.82. The molecular weight excluding hydrogens is 292 g/mol. The summed E-state index contributed by atoms with van der Waals surface area (Å²) in [6, 6.07) is 12.1. The van der Waals surface area contributed by atoms with Gasteiger partial charge in [-0.15, -0.1) is 0 Å². The van der Waals surface area contributed by atoms with E-state index in [-0.39, 0.29) is 0 Å². The van der Waals surface area contributed by atoms with Gasteiger partial charge >= 0.3 is 0 Å². The second kappa shape index (κ2) is 7.55. The minimum absolute atomic E-state index is 0.361. The molecule has 0 aliphatic carbocycles. The summed E-state index contributed by atoms with van der Waals surface area (Å²) in [5.41, 5.74) is 0.539. The van der Waals surface area contributed by atoms with Gasteiger partial charge in [-0.25, -0.2) is 0 Å². The van der Waals surface area contributed by atoms with Crippen molar-refractivity contribution in [3.05, 3.63) is 53.1 Å². The molecule has 0 aliphatic heterocycles. The minimum Gasteiger partial charge on any atom is -0.493 e. The average Bonchev–Trinajstić information content (AvgIpc) is 2.53. The van der Waals surface area contributed by atoms with Crippen LogP contribution in [0.4, 0.5) is 0 Å². The fraction of sp³-hybridized carbons (Fsp3) is 0.188. The molecule has 2 aromatic carbocycles. The summed E-state index contributed by atoms with van der Waals surface area (Å²) < 4.78 is 16.3. The molecule has 0 aromatic heterocycles. The van der Waals surface area contributed by atoms with Gasteiger partial charge in [-0.1, -0.05) is 11.6 Å². The van der Waals surface area contributed by atoms with Crippen molar-refractivity contribution in [2.24, 2.45) is 0 Å². The summed E-state index contributed by atoms with van der Waals surface area (Å²) in [6.07, 6.45) is 0.760. The lowest BCUT2D eigenvalue weighted by atomic mass is 10.2. The molecule has 0 fully saturated rings. The Kier molecular flexibility index (Phi) is 5.46. The molecule has 0 spiro atoms. The molecule has 2 rings (SSSR count). The van der Waals surface area contributed by atoms with E-state index in [9.17, 15) is 4.79 Å². The number of hydrogen-bond acceptors (Lipinski definition) is 4. The highest BCUT2D eigenvalue weighted by Crippen LogP contribution is 2.27. The average molecular weight is 307 g/mol. The van der Waals surface area contributed by atoms with Crippen LogP contribution in [0.3, 0.4) is 0 Å². The van der Waals surface area contributed by atoms with Crippen LogP contribution in [0.5, 0.6) is 17.2 Å². The smallest absolute Gasteiger partial charge is 0.161 e.